The fraction of sp³-hybridized carbons (Fsp3) is 0.250. The number of rotatable bonds is 6. The molecule has 160 valence electrons. The average Bonchev–Trinajstić information content (AvgIpc) is 2.73. The van der Waals surface area contributed by atoms with Gasteiger partial charge in [-0.1, -0.05) is 36.4 Å². The van der Waals surface area contributed by atoms with E-state index in [9.17, 15) is 19.2 Å². The highest BCUT2D eigenvalue weighted by atomic mass is 16.5. The Kier molecular flexibility index (Phi) is 6.65. The molecule has 0 saturated carbocycles. The molecule has 2 atom stereocenters. The Hall–Kier alpha value is -3.74. The molecule has 0 saturated heterocycles. The van der Waals surface area contributed by atoms with Gasteiger partial charge in [0.15, 0.2) is 11.9 Å². The van der Waals surface area contributed by atoms with E-state index in [0.717, 1.165) is 11.1 Å². The number of amides is 2. The Morgan fingerprint density at radius 2 is 1.71 bits per heavy atom. The number of anilines is 1. The molecule has 1 aliphatic heterocycles. The van der Waals surface area contributed by atoms with E-state index >= 15 is 0 Å². The number of esters is 1. The maximum absolute atomic E-state index is 12.6. The zero-order valence-corrected chi connectivity index (χ0v) is 17.6. The van der Waals surface area contributed by atoms with Gasteiger partial charge in [-0.3, -0.25) is 19.2 Å². The van der Waals surface area contributed by atoms with E-state index in [-0.39, 0.29) is 18.1 Å². The normalized spacial score (nSPS) is 15.6. The van der Waals surface area contributed by atoms with Gasteiger partial charge in [-0.25, -0.2) is 0 Å². The third-order valence-corrected chi connectivity index (χ3v) is 5.07. The van der Waals surface area contributed by atoms with E-state index in [2.05, 4.69) is 5.32 Å². The van der Waals surface area contributed by atoms with Crippen LogP contribution in [0.25, 0.3) is 6.08 Å². The molecule has 0 aliphatic carbocycles. The summed E-state index contributed by atoms with van der Waals surface area (Å²) in [4.78, 5) is 50.4. The van der Waals surface area contributed by atoms with E-state index in [0.29, 0.717) is 11.3 Å². The Labute approximate surface area is 180 Å². The summed E-state index contributed by atoms with van der Waals surface area (Å²) in [5.74, 6) is -1.54. The number of para-hydroxylation sites is 1. The minimum atomic E-state index is -1.08. The van der Waals surface area contributed by atoms with Crippen LogP contribution in [0, 0.1) is 0 Å². The van der Waals surface area contributed by atoms with Gasteiger partial charge >= 0.3 is 5.97 Å². The van der Waals surface area contributed by atoms with Crippen molar-refractivity contribution in [3.8, 4) is 0 Å². The molecule has 2 aromatic rings. The maximum Gasteiger partial charge on any atom is 0.309 e. The second kappa shape index (κ2) is 9.38. The van der Waals surface area contributed by atoms with Crippen LogP contribution in [0.15, 0.2) is 54.7 Å². The molecular weight excluding hydrogens is 396 g/mol. The molecule has 31 heavy (non-hydrogen) atoms. The van der Waals surface area contributed by atoms with Gasteiger partial charge in [0.05, 0.1) is 18.2 Å². The molecule has 7 heteroatoms. The first-order valence-electron chi connectivity index (χ1n) is 9.94. The Balaban J connectivity index is 1.68. The van der Waals surface area contributed by atoms with Gasteiger partial charge in [0.25, 0.3) is 5.91 Å². The van der Waals surface area contributed by atoms with Crippen LogP contribution in [-0.2, 0) is 19.1 Å². The summed E-state index contributed by atoms with van der Waals surface area (Å²) in [6, 6.07) is 13.6. The number of Topliss-reactive ketones (excluding diaryl/α,β-unsaturated/α-hetero) is 1. The van der Waals surface area contributed by atoms with Gasteiger partial charge in [0.2, 0.25) is 5.91 Å². The fourth-order valence-corrected chi connectivity index (χ4v) is 3.50. The van der Waals surface area contributed by atoms with Crippen molar-refractivity contribution >= 4 is 35.3 Å². The molecule has 2 amide bonds. The van der Waals surface area contributed by atoms with Crippen LogP contribution in [0.4, 0.5) is 5.69 Å². The number of fused-ring (bicyclic) bond motifs is 1. The van der Waals surface area contributed by atoms with E-state index in [1.807, 2.05) is 30.3 Å². The Bertz CT molecular complexity index is 1060. The summed E-state index contributed by atoms with van der Waals surface area (Å²) in [6.45, 7) is 4.30. The highest BCUT2D eigenvalue weighted by Crippen LogP contribution is 2.33. The van der Waals surface area contributed by atoms with Gasteiger partial charge in [-0.15, -0.1) is 0 Å². The lowest BCUT2D eigenvalue weighted by atomic mass is 9.94. The number of benzene rings is 2. The quantitative estimate of drug-likeness (QED) is 0.568. The predicted octanol–water partition coefficient (Wildman–Crippen LogP) is 3.72. The zero-order chi connectivity index (χ0) is 22.5. The van der Waals surface area contributed by atoms with Gasteiger partial charge in [-0.2, -0.15) is 0 Å². The van der Waals surface area contributed by atoms with Gasteiger partial charge in [-0.05, 0) is 43.2 Å². The fourth-order valence-electron chi connectivity index (χ4n) is 3.50. The van der Waals surface area contributed by atoms with E-state index in [4.69, 9.17) is 4.74 Å². The zero-order valence-electron chi connectivity index (χ0n) is 17.6. The maximum atomic E-state index is 12.6. The molecular formula is C24H24N2O5. The lowest BCUT2D eigenvalue weighted by molar-refractivity contribution is -0.154. The van der Waals surface area contributed by atoms with E-state index < -0.39 is 24.0 Å². The molecule has 0 fully saturated rings. The van der Waals surface area contributed by atoms with Crippen molar-refractivity contribution in [2.45, 2.75) is 39.3 Å². The average molecular weight is 420 g/mol. The van der Waals surface area contributed by atoms with Crippen LogP contribution in [-0.4, -0.2) is 34.6 Å². The number of carbonyl (C=O) groups is 4. The van der Waals surface area contributed by atoms with Gasteiger partial charge < -0.3 is 15.0 Å². The monoisotopic (exact) mass is 420 g/mol. The lowest BCUT2D eigenvalue weighted by Crippen LogP contribution is -2.35. The van der Waals surface area contributed by atoms with Crippen molar-refractivity contribution in [2.75, 3.05) is 5.32 Å². The second-order valence-corrected chi connectivity index (χ2v) is 7.31. The van der Waals surface area contributed by atoms with Crippen LogP contribution in [0.5, 0.6) is 0 Å². The van der Waals surface area contributed by atoms with E-state index in [1.54, 1.807) is 30.5 Å². The van der Waals surface area contributed by atoms with Crippen LogP contribution in [0.1, 0.15) is 54.7 Å². The minimum absolute atomic E-state index is 0.0947. The molecule has 3 rings (SSSR count). The van der Waals surface area contributed by atoms with Gasteiger partial charge in [0.1, 0.15) is 0 Å². The van der Waals surface area contributed by atoms with Crippen LogP contribution >= 0.6 is 0 Å². The van der Waals surface area contributed by atoms with Crippen molar-refractivity contribution in [3.05, 3.63) is 71.4 Å². The third-order valence-electron chi connectivity index (χ3n) is 5.07. The number of carbonyl (C=O) groups excluding carboxylic acids is 4. The molecule has 7 nitrogen and oxygen atoms in total. The predicted molar refractivity (Wildman–Crippen MR) is 116 cm³/mol. The summed E-state index contributed by atoms with van der Waals surface area (Å²) < 4.78 is 5.33. The molecule has 1 aliphatic rings. The number of nitrogens with zero attached hydrogens (tertiary/aromatic N) is 1. The Morgan fingerprint density at radius 1 is 1.03 bits per heavy atom. The van der Waals surface area contributed by atoms with Crippen molar-refractivity contribution in [1.82, 2.24) is 4.90 Å². The SMILES string of the molecule is CC(=O)c1ccccc1NC(=O)[C@H](C)OC(=O)C[C@@H]1c2ccccc2C=CN1C(C)=O. The van der Waals surface area contributed by atoms with Crippen LogP contribution < -0.4 is 5.32 Å². The summed E-state index contributed by atoms with van der Waals surface area (Å²) in [6.07, 6.45) is 2.30. The highest BCUT2D eigenvalue weighted by Gasteiger charge is 2.30. The van der Waals surface area contributed by atoms with Crippen molar-refractivity contribution in [2.24, 2.45) is 0 Å². The Morgan fingerprint density at radius 3 is 2.42 bits per heavy atom. The molecule has 1 heterocycles. The van der Waals surface area contributed by atoms with Crippen molar-refractivity contribution in [3.63, 3.8) is 0 Å². The molecule has 1 N–H and O–H groups in total. The number of nitrogens with one attached hydrogen (secondary N) is 1. The molecule has 0 bridgehead atoms. The first kappa shape index (κ1) is 22.0. The largest absolute Gasteiger partial charge is 0.452 e. The van der Waals surface area contributed by atoms with Crippen molar-refractivity contribution < 1.29 is 23.9 Å². The smallest absolute Gasteiger partial charge is 0.309 e. The number of ether oxygens (including phenoxy) is 1. The third kappa shape index (κ3) is 5.06. The number of ketones is 1. The van der Waals surface area contributed by atoms with Crippen LogP contribution in [0.2, 0.25) is 0 Å². The van der Waals surface area contributed by atoms with E-state index in [1.165, 1.54) is 25.7 Å². The summed E-state index contributed by atoms with van der Waals surface area (Å²) in [7, 11) is 0. The first-order chi connectivity index (χ1) is 14.8. The molecule has 2 aromatic carbocycles. The number of hydrogen-bond acceptors (Lipinski definition) is 5. The minimum Gasteiger partial charge on any atom is -0.452 e. The standard InChI is InChI=1S/C24H24N2O5/c1-15(27)19-9-6-7-11-21(19)25-24(30)16(2)31-23(29)14-22-20-10-5-4-8-18(20)12-13-26(22)17(3)28/h4-13,16,22H,14H2,1-3H3,(H,25,30)/t16-,22+/m0/s1. The summed E-state index contributed by atoms with van der Waals surface area (Å²) in [5.41, 5.74) is 2.49. The molecule has 0 unspecified atom stereocenters. The summed E-state index contributed by atoms with van der Waals surface area (Å²) >= 11 is 0. The first-order valence-corrected chi connectivity index (χ1v) is 9.94. The molecule has 0 aromatic heterocycles. The second-order valence-electron chi connectivity index (χ2n) is 7.31. The molecule has 0 spiro atoms. The summed E-state index contributed by atoms with van der Waals surface area (Å²) in [5, 5.41) is 2.63. The lowest BCUT2D eigenvalue weighted by Gasteiger charge is -2.32. The number of hydrogen-bond donors (Lipinski definition) is 1. The topological polar surface area (TPSA) is 92.8 Å². The molecule has 0 radical (unpaired) electrons. The van der Waals surface area contributed by atoms with Crippen molar-refractivity contribution in [1.29, 1.82) is 0 Å². The van der Waals surface area contributed by atoms with Gasteiger partial charge in [0, 0.05) is 18.7 Å². The van der Waals surface area contributed by atoms with Crippen LogP contribution in [0.3, 0.4) is 0 Å². The highest BCUT2D eigenvalue weighted by molar-refractivity contribution is 6.04.